The molecular formula is C15H23N3O2. The fourth-order valence-corrected chi connectivity index (χ4v) is 1.94. The van der Waals surface area contributed by atoms with Crippen LogP contribution in [0, 0.1) is 12.8 Å². The second kappa shape index (κ2) is 7.05. The van der Waals surface area contributed by atoms with Gasteiger partial charge in [0.15, 0.2) is 0 Å². The number of nitrogens with two attached hydrogens (primary N) is 1. The van der Waals surface area contributed by atoms with E-state index in [0.29, 0.717) is 23.7 Å². The Balaban J connectivity index is 2.82. The van der Waals surface area contributed by atoms with E-state index in [1.54, 1.807) is 18.2 Å². The first-order valence-electron chi connectivity index (χ1n) is 6.75. The van der Waals surface area contributed by atoms with Gasteiger partial charge in [0, 0.05) is 18.3 Å². The van der Waals surface area contributed by atoms with Crippen molar-refractivity contribution in [3.8, 4) is 0 Å². The average molecular weight is 277 g/mol. The lowest BCUT2D eigenvalue weighted by molar-refractivity contribution is -0.117. The van der Waals surface area contributed by atoms with Crippen molar-refractivity contribution in [3.63, 3.8) is 0 Å². The minimum absolute atomic E-state index is 0.145. The maximum absolute atomic E-state index is 12.0. The second-order valence-corrected chi connectivity index (χ2v) is 5.38. The van der Waals surface area contributed by atoms with Crippen molar-refractivity contribution in [3.05, 3.63) is 23.8 Å². The smallest absolute Gasteiger partial charge is 0.241 e. The Morgan fingerprint density at radius 3 is 2.25 bits per heavy atom. The lowest BCUT2D eigenvalue weighted by Gasteiger charge is -2.16. The fraction of sp³-hybridized carbons (Fsp3) is 0.467. The van der Waals surface area contributed by atoms with E-state index in [1.807, 2.05) is 20.8 Å². The number of anilines is 2. The highest BCUT2D eigenvalue weighted by atomic mass is 16.2. The quantitative estimate of drug-likeness (QED) is 0.772. The number of hydrogen-bond donors (Lipinski definition) is 3. The van der Waals surface area contributed by atoms with Gasteiger partial charge in [-0.2, -0.15) is 0 Å². The summed E-state index contributed by atoms with van der Waals surface area (Å²) in [5.74, 6) is 0.0115. The van der Waals surface area contributed by atoms with Crippen molar-refractivity contribution in [1.29, 1.82) is 0 Å². The summed E-state index contributed by atoms with van der Waals surface area (Å²) in [4.78, 5) is 23.1. The predicted octanol–water partition coefficient (Wildman–Crippen LogP) is 2.27. The maximum Gasteiger partial charge on any atom is 0.241 e. The van der Waals surface area contributed by atoms with Gasteiger partial charge in [-0.05, 0) is 37.0 Å². The lowest BCUT2D eigenvalue weighted by atomic mass is 10.0. The molecule has 0 fully saturated rings. The highest BCUT2D eigenvalue weighted by molar-refractivity contribution is 5.97. The van der Waals surface area contributed by atoms with Crippen LogP contribution in [0.5, 0.6) is 0 Å². The molecule has 1 atom stereocenters. The van der Waals surface area contributed by atoms with Gasteiger partial charge < -0.3 is 16.4 Å². The molecule has 0 spiro atoms. The number of benzene rings is 1. The first-order valence-corrected chi connectivity index (χ1v) is 6.75. The molecule has 4 N–H and O–H groups in total. The molecule has 0 saturated heterocycles. The molecule has 5 nitrogen and oxygen atoms in total. The number of amides is 2. The lowest BCUT2D eigenvalue weighted by Crippen LogP contribution is -2.36. The van der Waals surface area contributed by atoms with Gasteiger partial charge in [0.25, 0.3) is 0 Å². The van der Waals surface area contributed by atoms with Crippen molar-refractivity contribution in [2.75, 3.05) is 10.6 Å². The highest BCUT2D eigenvalue weighted by Crippen LogP contribution is 2.23. The van der Waals surface area contributed by atoms with E-state index in [4.69, 9.17) is 5.73 Å². The van der Waals surface area contributed by atoms with Gasteiger partial charge in [0.1, 0.15) is 0 Å². The van der Waals surface area contributed by atoms with Crippen LogP contribution in [0.4, 0.5) is 11.4 Å². The van der Waals surface area contributed by atoms with E-state index in [9.17, 15) is 9.59 Å². The van der Waals surface area contributed by atoms with Gasteiger partial charge in [0.2, 0.25) is 11.8 Å². The minimum atomic E-state index is -0.529. The van der Waals surface area contributed by atoms with E-state index in [1.165, 1.54) is 6.92 Å². The summed E-state index contributed by atoms with van der Waals surface area (Å²) in [6.07, 6.45) is 0.635. The van der Waals surface area contributed by atoms with Gasteiger partial charge >= 0.3 is 0 Å². The molecule has 0 aromatic heterocycles. The molecule has 0 aliphatic heterocycles. The molecule has 1 rings (SSSR count). The average Bonchev–Trinajstić information content (AvgIpc) is 2.32. The van der Waals surface area contributed by atoms with Gasteiger partial charge in [-0.1, -0.05) is 19.9 Å². The fourth-order valence-electron chi connectivity index (χ4n) is 1.94. The van der Waals surface area contributed by atoms with E-state index in [0.717, 1.165) is 5.56 Å². The summed E-state index contributed by atoms with van der Waals surface area (Å²) >= 11 is 0. The van der Waals surface area contributed by atoms with Crippen LogP contribution in [0.3, 0.4) is 0 Å². The zero-order valence-corrected chi connectivity index (χ0v) is 12.5. The Morgan fingerprint density at radius 2 is 1.75 bits per heavy atom. The van der Waals surface area contributed by atoms with Gasteiger partial charge in [-0.15, -0.1) is 0 Å². The van der Waals surface area contributed by atoms with Crippen LogP contribution in [0.25, 0.3) is 0 Å². The molecule has 20 heavy (non-hydrogen) atoms. The normalized spacial score (nSPS) is 12.1. The van der Waals surface area contributed by atoms with Crippen molar-refractivity contribution < 1.29 is 9.59 Å². The van der Waals surface area contributed by atoms with Crippen molar-refractivity contribution in [1.82, 2.24) is 0 Å². The third kappa shape index (κ3) is 4.66. The molecule has 0 bridgehead atoms. The van der Waals surface area contributed by atoms with Crippen LogP contribution in [-0.4, -0.2) is 17.9 Å². The largest absolute Gasteiger partial charge is 0.326 e. The van der Waals surface area contributed by atoms with E-state index in [2.05, 4.69) is 10.6 Å². The number of carbonyl (C=O) groups excluding carboxylic acids is 2. The van der Waals surface area contributed by atoms with Crippen LogP contribution in [0.2, 0.25) is 0 Å². The van der Waals surface area contributed by atoms with Gasteiger partial charge in [0.05, 0.1) is 6.04 Å². The molecule has 0 saturated carbocycles. The third-order valence-corrected chi connectivity index (χ3v) is 2.96. The summed E-state index contributed by atoms with van der Waals surface area (Å²) in [6.45, 7) is 7.34. The molecule has 0 heterocycles. The zero-order chi connectivity index (χ0) is 15.3. The topological polar surface area (TPSA) is 84.2 Å². The molecule has 0 radical (unpaired) electrons. The van der Waals surface area contributed by atoms with Crippen LogP contribution < -0.4 is 16.4 Å². The Labute approximate surface area is 119 Å². The van der Waals surface area contributed by atoms with Crippen LogP contribution >= 0.6 is 0 Å². The van der Waals surface area contributed by atoms with E-state index in [-0.39, 0.29) is 11.8 Å². The predicted molar refractivity (Wildman–Crippen MR) is 81.5 cm³/mol. The molecule has 110 valence electrons. The summed E-state index contributed by atoms with van der Waals surface area (Å²) in [5, 5.41) is 5.54. The highest BCUT2D eigenvalue weighted by Gasteiger charge is 2.16. The Hall–Kier alpha value is -1.88. The number of rotatable bonds is 5. The maximum atomic E-state index is 12.0. The second-order valence-electron chi connectivity index (χ2n) is 5.38. The Bertz CT molecular complexity index is 498. The summed E-state index contributed by atoms with van der Waals surface area (Å²) in [6, 6.07) is 4.84. The van der Waals surface area contributed by atoms with Gasteiger partial charge in [-0.3, -0.25) is 9.59 Å². The first-order chi connectivity index (χ1) is 9.31. The Kier molecular flexibility index (Phi) is 5.70. The monoisotopic (exact) mass is 277 g/mol. The molecule has 1 aromatic carbocycles. The standard InChI is InChI=1S/C15H23N3O2/c1-9(2)8-12(16)15(20)18-14-7-5-6-13(10(14)3)17-11(4)19/h5-7,9,12H,8,16H2,1-4H3,(H,17,19)(H,18,20)/t12-/m0/s1. The van der Waals surface area contributed by atoms with Crippen LogP contribution in [0.15, 0.2) is 18.2 Å². The minimum Gasteiger partial charge on any atom is -0.326 e. The van der Waals surface area contributed by atoms with Crippen LogP contribution in [0.1, 0.15) is 32.8 Å². The SMILES string of the molecule is CC(=O)Nc1cccc(NC(=O)[C@@H](N)CC(C)C)c1C. The number of nitrogens with one attached hydrogen (secondary N) is 2. The Morgan fingerprint density at radius 1 is 1.20 bits per heavy atom. The molecule has 0 aliphatic carbocycles. The zero-order valence-electron chi connectivity index (χ0n) is 12.5. The number of carbonyl (C=O) groups is 2. The molecule has 0 unspecified atom stereocenters. The van der Waals surface area contributed by atoms with Gasteiger partial charge in [-0.25, -0.2) is 0 Å². The molecule has 0 aliphatic rings. The van der Waals surface area contributed by atoms with Crippen molar-refractivity contribution in [2.45, 2.75) is 40.2 Å². The molecular weight excluding hydrogens is 254 g/mol. The summed E-state index contributed by atoms with van der Waals surface area (Å²) < 4.78 is 0. The third-order valence-electron chi connectivity index (χ3n) is 2.96. The van der Waals surface area contributed by atoms with E-state index >= 15 is 0 Å². The van der Waals surface area contributed by atoms with Crippen molar-refractivity contribution in [2.24, 2.45) is 11.7 Å². The molecule has 2 amide bonds. The summed E-state index contributed by atoms with van der Waals surface area (Å²) in [5.41, 5.74) is 8.02. The first kappa shape index (κ1) is 16.2. The van der Waals surface area contributed by atoms with Crippen LogP contribution in [-0.2, 0) is 9.59 Å². The van der Waals surface area contributed by atoms with Crippen molar-refractivity contribution >= 4 is 23.2 Å². The molecule has 5 heteroatoms. The van der Waals surface area contributed by atoms with E-state index < -0.39 is 6.04 Å². The number of hydrogen-bond acceptors (Lipinski definition) is 3. The summed E-state index contributed by atoms with van der Waals surface area (Å²) in [7, 11) is 0. The molecule has 1 aromatic rings.